The van der Waals surface area contributed by atoms with Crippen molar-refractivity contribution in [3.63, 3.8) is 0 Å². The molecular weight excluding hydrogens is 136 g/mol. The van der Waals surface area contributed by atoms with E-state index in [1.165, 1.54) is 0 Å². The Balaban J connectivity index is 4.02. The van der Waals surface area contributed by atoms with Crippen LogP contribution in [0.1, 0.15) is 6.92 Å². The molecule has 0 unspecified atom stereocenters. The van der Waals surface area contributed by atoms with Crippen molar-refractivity contribution in [1.82, 2.24) is 0 Å². The Labute approximate surface area is 46.0 Å². The minimum absolute atomic E-state index is 0.450. The highest BCUT2D eigenvalue weighted by atomic mass is 32.9. The average molecular weight is 143 g/mol. The minimum Gasteiger partial charge on any atom is -0.251 e. The molecule has 0 fully saturated rings. The molecule has 0 heterocycles. The van der Waals surface area contributed by atoms with Gasteiger partial charge in [0, 0.05) is 0 Å². The lowest BCUT2D eigenvalue weighted by atomic mass is 11.0. The van der Waals surface area contributed by atoms with Crippen molar-refractivity contribution < 1.29 is 13.3 Å². The fraction of sp³-hybridized carbons (Fsp3) is 1.00. The summed E-state index contributed by atoms with van der Waals surface area (Å²) in [7, 11) is -2.88. The summed E-state index contributed by atoms with van der Waals surface area (Å²) >= 11 is 0. The molecule has 0 aliphatic heterocycles. The van der Waals surface area contributed by atoms with Crippen LogP contribution in [0.25, 0.3) is 0 Å². The second-order valence-corrected chi connectivity index (χ2v) is 4.57. The van der Waals surface area contributed by atoms with Crippen LogP contribution in [0.4, 0.5) is 0 Å². The Hall–Kier alpha value is 0.290. The van der Waals surface area contributed by atoms with Crippen LogP contribution in [0.2, 0.25) is 0 Å². The molecule has 0 saturated heterocycles. The predicted molar refractivity (Wildman–Crippen MR) is 31.3 cm³/mol. The number of hydrogen-bond acceptors (Lipinski definition) is 1. The maximum absolute atomic E-state index is 9.86. The maximum Gasteiger partial charge on any atom is 0.430 e. The third kappa shape index (κ3) is 6.29. The summed E-state index contributed by atoms with van der Waals surface area (Å²) < 4.78 is 26.0. The molecule has 0 aliphatic carbocycles. The molecule has 0 saturated carbocycles. The van der Waals surface area contributed by atoms with Crippen LogP contribution >= 0.6 is 0 Å². The average Bonchev–Trinajstić information content (AvgIpc) is 1.30. The van der Waals surface area contributed by atoms with Crippen LogP contribution < -0.4 is 0 Å². The van der Waals surface area contributed by atoms with Crippen molar-refractivity contribution in [3.8, 4) is 0 Å². The first-order chi connectivity index (χ1) is 3.06. The Morgan fingerprint density at radius 2 is 2.14 bits per heavy atom. The first-order valence-electron chi connectivity index (χ1n) is 1.69. The fourth-order valence-electron chi connectivity index (χ4n) is 0.154. The summed E-state index contributed by atoms with van der Waals surface area (Å²) in [6.45, 7) is 1.69. The highest BCUT2D eigenvalue weighted by Crippen LogP contribution is 1.74. The van der Waals surface area contributed by atoms with Gasteiger partial charge in [0.15, 0.2) is 5.75 Å². The quantitative estimate of drug-likeness (QED) is 0.517. The van der Waals surface area contributed by atoms with E-state index < -0.39 is 9.05 Å². The van der Waals surface area contributed by atoms with E-state index in [-0.39, 0.29) is 0 Å². The summed E-state index contributed by atoms with van der Waals surface area (Å²) in [5, 5.41) is 0. The Kier molecular flexibility index (Phi) is 2.67. The zero-order valence-electron chi connectivity index (χ0n) is 3.83. The molecule has 44 valence electrons. The molecule has 0 aromatic heterocycles. The highest BCUT2D eigenvalue weighted by Gasteiger charge is 2.04. The molecule has 0 atom stereocenters. The van der Waals surface area contributed by atoms with E-state index in [2.05, 4.69) is 0 Å². The third-order valence-corrected chi connectivity index (χ3v) is 2.44. The van der Waals surface area contributed by atoms with Gasteiger partial charge in [-0.3, -0.25) is 9.11 Å². The van der Waals surface area contributed by atoms with Gasteiger partial charge in [0.05, 0.1) is 0 Å². The first-order valence-corrected chi connectivity index (χ1v) is 4.67. The van der Waals surface area contributed by atoms with Crippen molar-refractivity contribution >= 4 is 19.4 Å². The van der Waals surface area contributed by atoms with Gasteiger partial charge in [0.25, 0.3) is 10.3 Å². The third-order valence-electron chi connectivity index (χ3n) is 0.271. The predicted octanol–water partition coefficient (Wildman–Crippen LogP) is 0.234. The van der Waals surface area contributed by atoms with Gasteiger partial charge < -0.3 is 0 Å². The standard InChI is InChI=1S/C2H6O3S2/c1-2-6-7(3,4)5/h2H2,1H3,(H-,3,4,5)/p+1. The fourth-order valence-corrected chi connectivity index (χ4v) is 1.38. The maximum atomic E-state index is 9.86. The van der Waals surface area contributed by atoms with Crippen LogP contribution in [0.15, 0.2) is 0 Å². The first kappa shape index (κ1) is 7.29. The van der Waals surface area contributed by atoms with E-state index in [4.69, 9.17) is 9.11 Å². The molecule has 0 rings (SSSR count). The van der Waals surface area contributed by atoms with E-state index in [9.17, 15) is 4.21 Å². The van der Waals surface area contributed by atoms with E-state index in [0.717, 1.165) is 0 Å². The lowest BCUT2D eigenvalue weighted by Crippen LogP contribution is -1.95. The van der Waals surface area contributed by atoms with Gasteiger partial charge in [0.1, 0.15) is 0 Å². The highest BCUT2D eigenvalue weighted by molar-refractivity contribution is 8.34. The van der Waals surface area contributed by atoms with Gasteiger partial charge in [0.2, 0.25) is 0 Å². The molecule has 2 N–H and O–H groups in total. The van der Waals surface area contributed by atoms with E-state index >= 15 is 0 Å². The lowest BCUT2D eigenvalue weighted by Gasteiger charge is -1.69. The van der Waals surface area contributed by atoms with Crippen LogP contribution in [-0.4, -0.2) is 19.1 Å². The zero-order valence-corrected chi connectivity index (χ0v) is 5.46. The summed E-state index contributed by atoms with van der Waals surface area (Å²) in [6, 6.07) is 0. The van der Waals surface area contributed by atoms with Crippen molar-refractivity contribution in [2.75, 3.05) is 5.75 Å². The summed E-state index contributed by atoms with van der Waals surface area (Å²) in [6.07, 6.45) is 0. The summed E-state index contributed by atoms with van der Waals surface area (Å²) in [4.78, 5) is 0. The van der Waals surface area contributed by atoms with Crippen molar-refractivity contribution in [3.05, 3.63) is 0 Å². The van der Waals surface area contributed by atoms with Gasteiger partial charge >= 0.3 is 9.05 Å². The molecule has 0 aromatic rings. The molecule has 0 spiro atoms. The van der Waals surface area contributed by atoms with E-state index in [1.807, 2.05) is 0 Å². The largest absolute Gasteiger partial charge is 0.430 e. The molecule has 0 aliphatic rings. The van der Waals surface area contributed by atoms with Crippen LogP contribution in [0.3, 0.4) is 0 Å². The molecule has 0 amide bonds. The SMILES string of the molecule is CC[S+]=S(=O)(O)O. The normalized spacial score (nSPS) is 11.3. The minimum atomic E-state index is -3.51. The lowest BCUT2D eigenvalue weighted by molar-refractivity contribution is 0.450. The summed E-state index contributed by atoms with van der Waals surface area (Å²) in [5.74, 6) is 0.450. The molecule has 0 aromatic carbocycles. The zero-order chi connectivity index (χ0) is 5.91. The second kappa shape index (κ2) is 2.56. The molecule has 7 heavy (non-hydrogen) atoms. The number of rotatable bonds is 1. The smallest absolute Gasteiger partial charge is 0.251 e. The molecule has 5 heteroatoms. The van der Waals surface area contributed by atoms with E-state index in [0.29, 0.717) is 16.1 Å². The molecule has 0 radical (unpaired) electrons. The van der Waals surface area contributed by atoms with Crippen LogP contribution in [0.5, 0.6) is 0 Å². The molecule has 0 bridgehead atoms. The van der Waals surface area contributed by atoms with Gasteiger partial charge in [-0.25, -0.2) is 0 Å². The van der Waals surface area contributed by atoms with Crippen LogP contribution in [-0.2, 0) is 19.4 Å². The Morgan fingerprint density at radius 1 is 1.71 bits per heavy atom. The monoisotopic (exact) mass is 143 g/mol. The van der Waals surface area contributed by atoms with Crippen molar-refractivity contribution in [2.45, 2.75) is 6.92 Å². The number of hydrogen-bond donors (Lipinski definition) is 2. The van der Waals surface area contributed by atoms with Gasteiger partial charge in [-0.05, 0) is 6.92 Å². The van der Waals surface area contributed by atoms with Gasteiger partial charge in [-0.2, -0.15) is 4.21 Å². The Morgan fingerprint density at radius 3 is 2.14 bits per heavy atom. The van der Waals surface area contributed by atoms with Crippen molar-refractivity contribution in [2.24, 2.45) is 0 Å². The van der Waals surface area contributed by atoms with E-state index in [1.54, 1.807) is 6.92 Å². The van der Waals surface area contributed by atoms with Crippen LogP contribution in [0, 0.1) is 0 Å². The topological polar surface area (TPSA) is 57.5 Å². The molecular formula is C2H7O3S2+. The Bertz CT molecular complexity index is 135. The van der Waals surface area contributed by atoms with Crippen molar-refractivity contribution in [1.29, 1.82) is 0 Å². The second-order valence-electron chi connectivity index (χ2n) is 0.854. The van der Waals surface area contributed by atoms with Gasteiger partial charge in [-0.15, -0.1) is 0 Å². The summed E-state index contributed by atoms with van der Waals surface area (Å²) in [5.41, 5.74) is 0. The molecule has 3 nitrogen and oxygen atoms in total. The van der Waals surface area contributed by atoms with Gasteiger partial charge in [-0.1, -0.05) is 0 Å².